The topological polar surface area (TPSA) is 105 Å². The van der Waals surface area contributed by atoms with Gasteiger partial charge < -0.3 is 19.7 Å². The first-order chi connectivity index (χ1) is 13.9. The minimum atomic E-state index is -1.09. The van der Waals surface area contributed by atoms with Gasteiger partial charge in [0.1, 0.15) is 18.5 Å². The molecule has 29 heavy (non-hydrogen) atoms. The van der Waals surface area contributed by atoms with E-state index in [-0.39, 0.29) is 13.2 Å². The Labute approximate surface area is 177 Å². The summed E-state index contributed by atoms with van der Waals surface area (Å²) in [7, 11) is 0. The highest BCUT2D eigenvalue weighted by atomic mass is 79.9. The molecule has 0 fully saturated rings. The summed E-state index contributed by atoms with van der Waals surface area (Å²) >= 11 is 3.33. The molecule has 8 heteroatoms. The predicted molar refractivity (Wildman–Crippen MR) is 112 cm³/mol. The van der Waals surface area contributed by atoms with Crippen molar-refractivity contribution in [2.75, 3.05) is 18.5 Å². The number of carbonyl (C=O) groups excluding carboxylic acids is 1. The Kier molecular flexibility index (Phi) is 8.69. The Balaban J connectivity index is 2.21. The Morgan fingerprint density at radius 3 is 2.59 bits per heavy atom. The van der Waals surface area contributed by atoms with Crippen LogP contribution in [0.15, 0.2) is 65.2 Å². The molecule has 2 atom stereocenters. The monoisotopic (exact) mass is 463 g/mol. The van der Waals surface area contributed by atoms with Gasteiger partial charge in [0.05, 0.1) is 6.61 Å². The number of halogens is 1. The number of hydrogen-bond donors (Lipinski definition) is 3. The molecule has 1 amide bonds. The Morgan fingerprint density at radius 2 is 1.93 bits per heavy atom. The predicted octanol–water partition coefficient (Wildman–Crippen LogP) is 4.39. The number of ether oxygens (including phenoxy) is 2. The molecule has 0 saturated carbocycles. The number of anilines is 1. The highest BCUT2D eigenvalue weighted by Crippen LogP contribution is 2.30. The Morgan fingerprint density at radius 1 is 1.21 bits per heavy atom. The van der Waals surface area contributed by atoms with Gasteiger partial charge in [-0.3, -0.25) is 5.32 Å². The molecule has 0 saturated heterocycles. The Hall–Kier alpha value is -2.84. The number of carboxylic acid groups (broad SMARTS) is 1. The molecule has 0 aliphatic carbocycles. The maximum absolute atomic E-state index is 12.4. The summed E-state index contributed by atoms with van der Waals surface area (Å²) in [6.07, 6.45) is 1.05. The van der Waals surface area contributed by atoms with Gasteiger partial charge in [-0.1, -0.05) is 41.1 Å². The molecule has 2 aromatic carbocycles. The minimum absolute atomic E-state index is 0.127. The Bertz CT molecular complexity index is 853. The lowest BCUT2D eigenvalue weighted by molar-refractivity contribution is -0.131. The van der Waals surface area contributed by atoms with Gasteiger partial charge in [-0.15, -0.1) is 0 Å². The molecule has 0 aliphatic rings. The van der Waals surface area contributed by atoms with Crippen LogP contribution in [0, 0.1) is 5.92 Å². The number of hydrogen-bond acceptors (Lipinski definition) is 5. The molecule has 0 spiro atoms. The quantitative estimate of drug-likeness (QED) is 0.476. The third-order valence-corrected chi connectivity index (χ3v) is 4.42. The van der Waals surface area contributed by atoms with Crippen molar-refractivity contribution < 1.29 is 29.3 Å². The zero-order chi connectivity index (χ0) is 21.2. The van der Waals surface area contributed by atoms with Crippen LogP contribution in [0.5, 0.6) is 5.75 Å². The van der Waals surface area contributed by atoms with E-state index >= 15 is 0 Å². The third-order valence-electron chi connectivity index (χ3n) is 3.89. The molecular formula is C21H22BrNO6. The second-order valence-corrected chi connectivity index (χ2v) is 7.07. The first-order valence-electron chi connectivity index (χ1n) is 8.87. The average molecular weight is 464 g/mol. The van der Waals surface area contributed by atoms with Crippen molar-refractivity contribution in [2.45, 2.75) is 13.0 Å². The molecule has 0 radical (unpaired) electrons. The van der Waals surface area contributed by atoms with Gasteiger partial charge in [-0.25, -0.2) is 9.59 Å². The largest absolute Gasteiger partial charge is 0.491 e. The van der Waals surface area contributed by atoms with Crippen LogP contribution in [0.25, 0.3) is 0 Å². The van der Waals surface area contributed by atoms with E-state index in [9.17, 15) is 9.59 Å². The van der Waals surface area contributed by atoms with Crippen molar-refractivity contribution in [3.63, 3.8) is 0 Å². The van der Waals surface area contributed by atoms with E-state index in [0.717, 1.165) is 10.5 Å². The number of amides is 1. The second kappa shape index (κ2) is 11.2. The molecule has 0 heterocycles. The second-order valence-electron chi connectivity index (χ2n) is 6.16. The summed E-state index contributed by atoms with van der Waals surface area (Å²) in [4.78, 5) is 23.3. The van der Waals surface area contributed by atoms with E-state index in [1.807, 2.05) is 0 Å². The van der Waals surface area contributed by atoms with Gasteiger partial charge in [0.25, 0.3) is 0 Å². The van der Waals surface area contributed by atoms with Crippen LogP contribution < -0.4 is 10.1 Å². The molecule has 2 aromatic rings. The lowest BCUT2D eigenvalue weighted by atomic mass is 9.96. The van der Waals surface area contributed by atoms with Crippen LogP contribution in [-0.4, -0.2) is 35.5 Å². The molecule has 2 rings (SSSR count). The van der Waals surface area contributed by atoms with Crippen LogP contribution in [0.3, 0.4) is 0 Å². The highest BCUT2D eigenvalue weighted by molar-refractivity contribution is 9.10. The van der Waals surface area contributed by atoms with Crippen LogP contribution in [0.2, 0.25) is 0 Å². The first-order valence-corrected chi connectivity index (χ1v) is 9.66. The van der Waals surface area contributed by atoms with Crippen LogP contribution >= 0.6 is 15.9 Å². The molecule has 3 N–H and O–H groups in total. The molecule has 0 bridgehead atoms. The number of rotatable bonds is 9. The number of aliphatic hydroxyl groups excluding tert-OH is 1. The maximum Gasteiger partial charge on any atom is 0.412 e. The van der Waals surface area contributed by atoms with Crippen LogP contribution in [0.1, 0.15) is 18.6 Å². The summed E-state index contributed by atoms with van der Waals surface area (Å²) in [6, 6.07) is 13.9. The van der Waals surface area contributed by atoms with E-state index in [1.165, 1.54) is 6.08 Å². The number of carbonyl (C=O) groups is 2. The van der Waals surface area contributed by atoms with Crippen molar-refractivity contribution in [2.24, 2.45) is 5.92 Å². The summed E-state index contributed by atoms with van der Waals surface area (Å²) in [6.45, 7) is 1.75. The molecule has 154 valence electrons. The van der Waals surface area contributed by atoms with Gasteiger partial charge in [0, 0.05) is 22.2 Å². The highest BCUT2D eigenvalue weighted by Gasteiger charge is 2.23. The summed E-state index contributed by atoms with van der Waals surface area (Å²) in [5, 5.41) is 20.5. The molecule has 7 nitrogen and oxygen atoms in total. The normalized spacial score (nSPS) is 12.9. The van der Waals surface area contributed by atoms with E-state index < -0.39 is 24.1 Å². The smallest absolute Gasteiger partial charge is 0.412 e. The van der Waals surface area contributed by atoms with Crippen molar-refractivity contribution in [3.05, 3.63) is 70.7 Å². The number of aliphatic hydroxyl groups is 1. The lowest BCUT2D eigenvalue weighted by Gasteiger charge is -2.23. The SMILES string of the molecule is C[C@H](/C=C/C(=O)O)[C@@H](OC(=O)Nc1ccc(Br)cc1)c1cccc(OCCO)c1. The van der Waals surface area contributed by atoms with Crippen LogP contribution in [-0.2, 0) is 9.53 Å². The maximum atomic E-state index is 12.4. The molecular weight excluding hydrogens is 442 g/mol. The van der Waals surface area contributed by atoms with Gasteiger partial charge in [0.15, 0.2) is 0 Å². The number of nitrogens with one attached hydrogen (secondary N) is 1. The fourth-order valence-corrected chi connectivity index (χ4v) is 2.82. The molecule has 0 aromatic heterocycles. The molecule has 0 unspecified atom stereocenters. The average Bonchev–Trinajstić information content (AvgIpc) is 2.70. The number of carboxylic acids is 1. The van der Waals surface area contributed by atoms with E-state index in [2.05, 4.69) is 21.2 Å². The fraction of sp³-hybridized carbons (Fsp3) is 0.238. The third kappa shape index (κ3) is 7.59. The zero-order valence-corrected chi connectivity index (χ0v) is 17.3. The lowest BCUT2D eigenvalue weighted by Crippen LogP contribution is -2.21. The van der Waals surface area contributed by atoms with Gasteiger partial charge in [0.2, 0.25) is 0 Å². The fourth-order valence-electron chi connectivity index (χ4n) is 2.55. The summed E-state index contributed by atoms with van der Waals surface area (Å²) in [5.41, 5.74) is 1.19. The van der Waals surface area contributed by atoms with E-state index in [0.29, 0.717) is 17.0 Å². The summed E-state index contributed by atoms with van der Waals surface area (Å²) < 4.78 is 11.9. The van der Waals surface area contributed by atoms with E-state index in [4.69, 9.17) is 19.7 Å². The van der Waals surface area contributed by atoms with Gasteiger partial charge in [-0.05, 0) is 42.0 Å². The van der Waals surface area contributed by atoms with Crippen molar-refractivity contribution in [3.8, 4) is 5.75 Å². The van der Waals surface area contributed by atoms with Crippen molar-refractivity contribution in [1.82, 2.24) is 0 Å². The van der Waals surface area contributed by atoms with E-state index in [1.54, 1.807) is 55.5 Å². The standard InChI is InChI=1S/C21H22BrNO6/c1-14(5-10-19(25)26)20(15-3-2-4-18(13-15)28-12-11-24)29-21(27)23-17-8-6-16(22)7-9-17/h2-10,13-14,20,24H,11-12H2,1H3,(H,23,27)(H,25,26)/b10-5+/t14-,20-/m1/s1. The zero-order valence-electron chi connectivity index (χ0n) is 15.7. The first kappa shape index (κ1) is 22.4. The summed E-state index contributed by atoms with van der Waals surface area (Å²) in [5.74, 6) is -1.00. The van der Waals surface area contributed by atoms with Crippen molar-refractivity contribution >= 4 is 33.7 Å². The van der Waals surface area contributed by atoms with Gasteiger partial charge >= 0.3 is 12.1 Å². The minimum Gasteiger partial charge on any atom is -0.491 e. The number of benzene rings is 2. The van der Waals surface area contributed by atoms with Crippen LogP contribution in [0.4, 0.5) is 10.5 Å². The van der Waals surface area contributed by atoms with Crippen molar-refractivity contribution in [1.29, 1.82) is 0 Å². The molecule has 0 aliphatic heterocycles. The number of aliphatic carboxylic acids is 1. The van der Waals surface area contributed by atoms with Gasteiger partial charge in [-0.2, -0.15) is 0 Å².